The van der Waals surface area contributed by atoms with Crippen LogP contribution in [0.5, 0.6) is 0 Å². The Morgan fingerprint density at radius 3 is 2.47 bits per heavy atom. The molecule has 1 nitrogen and oxygen atoms in total. The third-order valence-corrected chi connectivity index (χ3v) is 3.74. The molecule has 3 heteroatoms. The first-order valence-electron chi connectivity index (χ1n) is 5.43. The molecule has 0 amide bonds. The Kier molecular flexibility index (Phi) is 3.69. The van der Waals surface area contributed by atoms with Crippen molar-refractivity contribution in [1.82, 2.24) is 0 Å². The second-order valence-corrected chi connectivity index (χ2v) is 5.24. The van der Waals surface area contributed by atoms with E-state index in [1.54, 1.807) is 12.1 Å². The second-order valence-electron chi connectivity index (χ2n) is 3.86. The van der Waals surface area contributed by atoms with E-state index in [1.165, 1.54) is 23.4 Å². The topological polar surface area (TPSA) is 26.0 Å². The van der Waals surface area contributed by atoms with E-state index in [0.29, 0.717) is 10.6 Å². The van der Waals surface area contributed by atoms with Gasteiger partial charge in [0.15, 0.2) is 0 Å². The van der Waals surface area contributed by atoms with Gasteiger partial charge in [0.1, 0.15) is 5.82 Å². The van der Waals surface area contributed by atoms with E-state index < -0.39 is 0 Å². The van der Waals surface area contributed by atoms with E-state index in [9.17, 15) is 4.39 Å². The van der Waals surface area contributed by atoms with Crippen molar-refractivity contribution in [3.63, 3.8) is 0 Å². The van der Waals surface area contributed by atoms with E-state index in [-0.39, 0.29) is 11.1 Å². The number of nitrogens with two attached hydrogens (primary N) is 1. The van der Waals surface area contributed by atoms with E-state index in [2.05, 4.69) is 6.92 Å². The van der Waals surface area contributed by atoms with Gasteiger partial charge in [-0.3, -0.25) is 0 Å². The molecule has 17 heavy (non-hydrogen) atoms. The maximum atomic E-state index is 13.6. The molecule has 0 saturated carbocycles. The van der Waals surface area contributed by atoms with Gasteiger partial charge < -0.3 is 5.73 Å². The summed E-state index contributed by atoms with van der Waals surface area (Å²) in [5.74, 6) is -0.252. The fourth-order valence-corrected chi connectivity index (χ4v) is 2.59. The molecule has 0 aliphatic heterocycles. The van der Waals surface area contributed by atoms with Crippen LogP contribution < -0.4 is 5.73 Å². The maximum absolute atomic E-state index is 13.6. The van der Waals surface area contributed by atoms with Crippen LogP contribution in [-0.2, 0) is 0 Å². The zero-order valence-corrected chi connectivity index (χ0v) is 10.4. The van der Waals surface area contributed by atoms with Crippen LogP contribution in [0.3, 0.4) is 0 Å². The average Bonchev–Trinajstić information content (AvgIpc) is 2.34. The van der Waals surface area contributed by atoms with Crippen molar-refractivity contribution in [3.05, 3.63) is 59.9 Å². The zero-order valence-electron chi connectivity index (χ0n) is 9.56. The van der Waals surface area contributed by atoms with Gasteiger partial charge in [0, 0.05) is 15.8 Å². The molecular weight excluding hydrogens is 233 g/mol. The van der Waals surface area contributed by atoms with Gasteiger partial charge in [-0.25, -0.2) is 4.39 Å². The molecule has 0 saturated heterocycles. The minimum Gasteiger partial charge on any atom is -0.399 e. The van der Waals surface area contributed by atoms with Gasteiger partial charge >= 0.3 is 0 Å². The first-order chi connectivity index (χ1) is 8.16. The van der Waals surface area contributed by atoms with Crippen LogP contribution in [0, 0.1) is 5.82 Å². The second kappa shape index (κ2) is 5.23. The lowest BCUT2D eigenvalue weighted by Gasteiger charge is -2.12. The molecule has 0 fully saturated rings. The van der Waals surface area contributed by atoms with Gasteiger partial charge in [-0.15, -0.1) is 11.8 Å². The lowest BCUT2D eigenvalue weighted by Crippen LogP contribution is -1.91. The lowest BCUT2D eigenvalue weighted by atomic mass is 10.2. The Morgan fingerprint density at radius 2 is 1.82 bits per heavy atom. The summed E-state index contributed by atoms with van der Waals surface area (Å²) in [6.45, 7) is 2.07. The molecule has 0 aliphatic rings. The predicted octanol–water partition coefficient (Wildman–Crippen LogP) is 4.26. The van der Waals surface area contributed by atoms with Crippen molar-refractivity contribution in [2.75, 3.05) is 5.73 Å². The van der Waals surface area contributed by atoms with Crippen molar-refractivity contribution in [2.24, 2.45) is 0 Å². The van der Waals surface area contributed by atoms with Crippen LogP contribution in [0.4, 0.5) is 10.1 Å². The minimum absolute atomic E-state index is 0.217. The van der Waals surface area contributed by atoms with Crippen molar-refractivity contribution < 1.29 is 4.39 Å². The standard InChI is InChI=1S/C14H14FNS/c1-10(11-5-3-2-4-6-11)17-14-8-7-12(16)9-13(14)15/h2-10H,16H2,1H3. The first-order valence-corrected chi connectivity index (χ1v) is 6.31. The van der Waals surface area contributed by atoms with E-state index >= 15 is 0 Å². The largest absolute Gasteiger partial charge is 0.399 e. The summed E-state index contributed by atoms with van der Waals surface area (Å²) in [4.78, 5) is 0.635. The summed E-state index contributed by atoms with van der Waals surface area (Å²) in [5.41, 5.74) is 7.17. The summed E-state index contributed by atoms with van der Waals surface area (Å²) in [6.07, 6.45) is 0. The summed E-state index contributed by atoms with van der Waals surface area (Å²) in [6, 6.07) is 14.9. The highest BCUT2D eigenvalue weighted by Crippen LogP contribution is 2.36. The monoisotopic (exact) mass is 247 g/mol. The third kappa shape index (κ3) is 3.01. The van der Waals surface area contributed by atoms with Crippen LogP contribution in [0.25, 0.3) is 0 Å². The molecule has 0 aromatic heterocycles. The number of anilines is 1. The molecule has 1 unspecified atom stereocenters. The van der Waals surface area contributed by atoms with Crippen LogP contribution in [-0.4, -0.2) is 0 Å². The van der Waals surface area contributed by atoms with Crippen LogP contribution in [0.15, 0.2) is 53.4 Å². The minimum atomic E-state index is -0.252. The molecule has 0 spiro atoms. The summed E-state index contributed by atoms with van der Waals surface area (Å²) >= 11 is 1.50. The number of hydrogen-bond acceptors (Lipinski definition) is 2. The number of benzene rings is 2. The maximum Gasteiger partial charge on any atom is 0.138 e. The Labute approximate surface area is 105 Å². The van der Waals surface area contributed by atoms with Crippen molar-refractivity contribution in [2.45, 2.75) is 17.1 Å². The first kappa shape index (κ1) is 12.0. The summed E-state index contributed by atoms with van der Waals surface area (Å²) in [5, 5.41) is 0.217. The Morgan fingerprint density at radius 1 is 1.12 bits per heavy atom. The van der Waals surface area contributed by atoms with E-state index in [4.69, 9.17) is 5.73 Å². The average molecular weight is 247 g/mol. The molecular formula is C14H14FNS. The molecule has 0 heterocycles. The van der Waals surface area contributed by atoms with Crippen molar-refractivity contribution in [1.29, 1.82) is 0 Å². The quantitative estimate of drug-likeness (QED) is 0.647. The molecule has 1 atom stereocenters. The number of halogens is 1. The molecule has 2 aromatic rings. The molecule has 2 rings (SSSR count). The van der Waals surface area contributed by atoms with Gasteiger partial charge in [0.05, 0.1) is 0 Å². The molecule has 88 valence electrons. The number of rotatable bonds is 3. The predicted molar refractivity (Wildman–Crippen MR) is 71.5 cm³/mol. The smallest absolute Gasteiger partial charge is 0.138 e. The van der Waals surface area contributed by atoms with Gasteiger partial charge in [0.25, 0.3) is 0 Å². The highest BCUT2D eigenvalue weighted by Gasteiger charge is 2.10. The molecule has 0 radical (unpaired) electrons. The van der Waals surface area contributed by atoms with Crippen LogP contribution >= 0.6 is 11.8 Å². The SMILES string of the molecule is CC(Sc1ccc(N)cc1F)c1ccccc1. The van der Waals surface area contributed by atoms with E-state index in [1.807, 2.05) is 30.3 Å². The van der Waals surface area contributed by atoms with Crippen LogP contribution in [0.1, 0.15) is 17.7 Å². The molecule has 0 bridgehead atoms. The lowest BCUT2D eigenvalue weighted by molar-refractivity contribution is 0.602. The Balaban J connectivity index is 2.16. The van der Waals surface area contributed by atoms with Crippen molar-refractivity contribution in [3.8, 4) is 0 Å². The molecule has 2 N–H and O–H groups in total. The van der Waals surface area contributed by atoms with Gasteiger partial charge in [-0.1, -0.05) is 30.3 Å². The van der Waals surface area contributed by atoms with Gasteiger partial charge in [0.2, 0.25) is 0 Å². The summed E-state index contributed by atoms with van der Waals surface area (Å²) < 4.78 is 13.6. The Hall–Kier alpha value is -1.48. The van der Waals surface area contributed by atoms with Crippen LogP contribution in [0.2, 0.25) is 0 Å². The molecule has 2 aromatic carbocycles. The zero-order chi connectivity index (χ0) is 12.3. The van der Waals surface area contributed by atoms with E-state index in [0.717, 1.165) is 0 Å². The van der Waals surface area contributed by atoms with Gasteiger partial charge in [-0.2, -0.15) is 0 Å². The fraction of sp³-hybridized carbons (Fsp3) is 0.143. The normalized spacial score (nSPS) is 12.4. The Bertz CT molecular complexity index is 499. The van der Waals surface area contributed by atoms with Gasteiger partial charge in [-0.05, 0) is 30.7 Å². The summed E-state index contributed by atoms with van der Waals surface area (Å²) in [7, 11) is 0. The fourth-order valence-electron chi connectivity index (χ4n) is 1.60. The molecule has 0 aliphatic carbocycles. The highest BCUT2D eigenvalue weighted by atomic mass is 32.2. The highest BCUT2D eigenvalue weighted by molar-refractivity contribution is 7.99. The van der Waals surface area contributed by atoms with Crippen molar-refractivity contribution >= 4 is 17.4 Å². The number of hydrogen-bond donors (Lipinski definition) is 1. The number of nitrogen functional groups attached to an aromatic ring is 1. The number of thioether (sulfide) groups is 1. The third-order valence-electron chi connectivity index (χ3n) is 2.53.